The molecule has 4 N–H and O–H groups in total. The predicted octanol–water partition coefficient (Wildman–Crippen LogP) is 12.2. The van der Waals surface area contributed by atoms with Crippen LogP contribution < -0.4 is 20.9 Å². The highest BCUT2D eigenvalue weighted by molar-refractivity contribution is 7.13. The van der Waals surface area contributed by atoms with Crippen LogP contribution in [0.1, 0.15) is 113 Å². The summed E-state index contributed by atoms with van der Waals surface area (Å²) in [6, 6.07) is 35.3. The van der Waals surface area contributed by atoms with Crippen LogP contribution in [0.25, 0.3) is 20.9 Å². The lowest BCUT2D eigenvalue weighted by molar-refractivity contribution is -0.122. The van der Waals surface area contributed by atoms with Crippen LogP contribution >= 0.6 is 22.7 Å². The van der Waals surface area contributed by atoms with E-state index in [2.05, 4.69) is 11.4 Å². The van der Waals surface area contributed by atoms with Crippen molar-refractivity contribution in [3.63, 3.8) is 0 Å². The smallest absolute Gasteiger partial charge is 0.412 e. The van der Waals surface area contributed by atoms with E-state index in [1.54, 1.807) is 104 Å². The highest BCUT2D eigenvalue weighted by Crippen LogP contribution is 2.43. The molecule has 0 fully saturated rings. The largest absolute Gasteiger partial charge is 0.478 e. The second-order valence-corrected chi connectivity index (χ2v) is 23.1. The molecule has 0 radical (unpaired) electrons. The molecule has 3 aliphatic rings. The van der Waals surface area contributed by atoms with Crippen molar-refractivity contribution in [2.24, 2.45) is 0 Å². The van der Waals surface area contributed by atoms with Crippen molar-refractivity contribution in [1.82, 2.24) is 0 Å². The number of carbonyl (C=O) groups is 7. The number of thiophene rings is 2. The Bertz CT molecular complexity index is 3460. The summed E-state index contributed by atoms with van der Waals surface area (Å²) in [6.07, 6.45) is 0.587. The first-order chi connectivity index (χ1) is 35.8. The van der Waals surface area contributed by atoms with Crippen LogP contribution in [-0.4, -0.2) is 66.0 Å². The van der Waals surface area contributed by atoms with Crippen LogP contribution in [0.3, 0.4) is 0 Å². The Hall–Kier alpha value is -8.01. The number of nitrogens with two attached hydrogens (primary N) is 1. The van der Waals surface area contributed by atoms with Crippen molar-refractivity contribution in [3.8, 4) is 20.9 Å². The number of aromatic carboxylic acids is 1. The number of hydrogen-bond acceptors (Lipinski definition) is 11. The summed E-state index contributed by atoms with van der Waals surface area (Å²) in [5.74, 6) is -0.832. The molecule has 0 bridgehead atoms. The van der Waals surface area contributed by atoms with E-state index >= 15 is 0 Å². The van der Waals surface area contributed by atoms with Gasteiger partial charge in [-0.2, -0.15) is 0 Å². The SMILES string of the molecule is CN1C(=O)C(C)(C)c2cc(C(=O)Cc3cc(-c4cccs4)ccc3N)ccc21.CN1C(=O)C(C)(C)c2cc(C(=O)Cc3cc(-c4cccs4)ccc3NC(=O)OC(C)(C)C)ccc21.O=C1Cc2ccc(C(=O)O)cc2C1. The van der Waals surface area contributed by atoms with Crippen molar-refractivity contribution in [3.05, 3.63) is 176 Å². The number of ether oxygens (including phenoxy) is 1. The van der Waals surface area contributed by atoms with Gasteiger partial charge in [-0.3, -0.25) is 29.3 Å². The van der Waals surface area contributed by atoms with E-state index in [4.69, 9.17) is 15.6 Å². The average molecular weight is 1060 g/mol. The summed E-state index contributed by atoms with van der Waals surface area (Å²) < 4.78 is 5.41. The molecule has 1 aliphatic carbocycles. The number of Topliss-reactive ketones (excluding diaryl/α,β-unsaturated/α-hetero) is 3. The fourth-order valence-corrected chi connectivity index (χ4v) is 11.1. The number of hydrogen-bond donors (Lipinski definition) is 3. The molecular weight excluding hydrogens is 997 g/mol. The van der Waals surface area contributed by atoms with Crippen molar-refractivity contribution < 1.29 is 43.4 Å². The summed E-state index contributed by atoms with van der Waals surface area (Å²) in [4.78, 5) is 91.1. The molecule has 0 saturated heterocycles. The topological polar surface area (TPSA) is 193 Å². The number of likely N-dealkylation sites (N-methyl/N-ethyl adjacent to an activating group) is 2. The first-order valence-corrected chi connectivity index (χ1v) is 26.5. The third kappa shape index (κ3) is 11.5. The Morgan fingerprint density at radius 3 is 1.62 bits per heavy atom. The maximum absolute atomic E-state index is 13.4. The van der Waals surface area contributed by atoms with Gasteiger partial charge in [-0.05, 0) is 189 Å². The van der Waals surface area contributed by atoms with Gasteiger partial charge in [-0.1, -0.05) is 30.3 Å². The second-order valence-electron chi connectivity index (χ2n) is 21.2. The fraction of sp³-hybridized carbons (Fsp3) is 0.262. The number of nitrogen functional groups attached to an aromatic ring is 1. The zero-order chi connectivity index (χ0) is 55.0. The number of nitrogens with zero attached hydrogens (tertiary/aromatic N) is 2. The molecule has 4 heterocycles. The number of carboxylic acids is 1. The summed E-state index contributed by atoms with van der Waals surface area (Å²) in [7, 11) is 3.52. The lowest BCUT2D eigenvalue weighted by Crippen LogP contribution is -2.33. The summed E-state index contributed by atoms with van der Waals surface area (Å²) in [6.45, 7) is 12.9. The molecule has 7 aromatic rings. The molecule has 76 heavy (non-hydrogen) atoms. The summed E-state index contributed by atoms with van der Waals surface area (Å²) >= 11 is 3.26. The quantitative estimate of drug-likeness (QED) is 0.0876. The van der Waals surface area contributed by atoms with Gasteiger partial charge in [0, 0.05) is 83.4 Å². The Balaban J connectivity index is 0.000000166. The zero-order valence-electron chi connectivity index (χ0n) is 44.0. The Labute approximate surface area is 450 Å². The number of ketones is 3. The van der Waals surface area contributed by atoms with E-state index in [1.165, 1.54) is 0 Å². The third-order valence-corrected chi connectivity index (χ3v) is 15.6. The van der Waals surface area contributed by atoms with Crippen LogP contribution in [0.2, 0.25) is 0 Å². The average Bonchev–Trinajstić information content (AvgIpc) is 4.23. The number of carboxylic acid groups (broad SMARTS) is 1. The van der Waals surface area contributed by atoms with Gasteiger partial charge in [-0.25, -0.2) is 9.59 Å². The van der Waals surface area contributed by atoms with E-state index in [0.717, 1.165) is 60.1 Å². The highest BCUT2D eigenvalue weighted by Gasteiger charge is 2.43. The Kier molecular flexibility index (Phi) is 15.2. The first-order valence-electron chi connectivity index (χ1n) is 24.7. The zero-order valence-corrected chi connectivity index (χ0v) is 45.6. The minimum absolute atomic E-state index is 0.00404. The number of amides is 3. The van der Waals surface area contributed by atoms with E-state index in [9.17, 15) is 33.6 Å². The number of benzene rings is 5. The maximum Gasteiger partial charge on any atom is 0.412 e. The van der Waals surface area contributed by atoms with Crippen LogP contribution in [0.4, 0.5) is 27.5 Å². The van der Waals surface area contributed by atoms with Gasteiger partial charge < -0.3 is 25.4 Å². The summed E-state index contributed by atoms with van der Waals surface area (Å²) in [5, 5.41) is 15.5. The molecule has 2 aliphatic heterocycles. The molecule has 13 nitrogen and oxygen atoms in total. The minimum atomic E-state index is -0.942. The van der Waals surface area contributed by atoms with Crippen LogP contribution in [0.15, 0.2) is 126 Å². The number of fused-ring (bicyclic) bond motifs is 3. The van der Waals surface area contributed by atoms with E-state index < -0.39 is 28.5 Å². The normalized spacial score (nSPS) is 14.7. The van der Waals surface area contributed by atoms with Crippen LogP contribution in [0.5, 0.6) is 0 Å². The Morgan fingerprint density at radius 2 is 1.12 bits per heavy atom. The summed E-state index contributed by atoms with van der Waals surface area (Å²) in [5.41, 5.74) is 15.5. The molecule has 0 unspecified atom stereocenters. The Morgan fingerprint density at radius 1 is 0.632 bits per heavy atom. The van der Waals surface area contributed by atoms with Gasteiger partial charge in [0.15, 0.2) is 11.6 Å². The van der Waals surface area contributed by atoms with Gasteiger partial charge in [-0.15, -0.1) is 22.7 Å². The first kappa shape index (κ1) is 54.3. The van der Waals surface area contributed by atoms with Crippen LogP contribution in [0, 0.1) is 0 Å². The van der Waals surface area contributed by atoms with Gasteiger partial charge in [0.05, 0.1) is 16.4 Å². The van der Waals surface area contributed by atoms with Crippen molar-refractivity contribution in [2.75, 3.05) is 34.9 Å². The molecule has 10 rings (SSSR count). The molecule has 390 valence electrons. The van der Waals surface area contributed by atoms with Gasteiger partial charge >= 0.3 is 12.1 Å². The lowest BCUT2D eigenvalue weighted by Gasteiger charge is -2.21. The number of nitrogens with one attached hydrogen (secondary N) is 1. The molecule has 15 heteroatoms. The van der Waals surface area contributed by atoms with E-state index in [-0.39, 0.29) is 47.6 Å². The predicted molar refractivity (Wildman–Crippen MR) is 301 cm³/mol. The van der Waals surface area contributed by atoms with E-state index in [1.807, 2.05) is 111 Å². The number of anilines is 4. The van der Waals surface area contributed by atoms with Crippen LogP contribution in [-0.2, 0) is 55.6 Å². The van der Waals surface area contributed by atoms with E-state index in [0.29, 0.717) is 40.9 Å². The fourth-order valence-electron chi connectivity index (χ4n) is 9.65. The molecule has 0 saturated carbocycles. The monoisotopic (exact) mass is 1060 g/mol. The molecular formula is C61H60N4O9S2. The number of rotatable bonds is 10. The molecule has 0 spiro atoms. The highest BCUT2D eigenvalue weighted by atomic mass is 32.1. The van der Waals surface area contributed by atoms with Gasteiger partial charge in [0.2, 0.25) is 11.8 Å². The molecule has 3 amide bonds. The van der Waals surface area contributed by atoms with Crippen molar-refractivity contribution in [1.29, 1.82) is 0 Å². The minimum Gasteiger partial charge on any atom is -0.478 e. The van der Waals surface area contributed by atoms with Crippen molar-refractivity contribution in [2.45, 2.75) is 90.6 Å². The second kappa shape index (κ2) is 21.3. The molecule has 0 atom stereocenters. The van der Waals surface area contributed by atoms with Crippen molar-refractivity contribution >= 4 is 86.6 Å². The maximum atomic E-state index is 13.4. The number of carbonyl (C=O) groups excluding carboxylic acids is 6. The standard InChI is InChI=1S/C28H30N2O4S.C23H22N2O2S.C10H8O3/c1-27(2,3)34-26(33)29-21-11-9-18(24-8-7-13-35-24)14-19(21)16-23(31)17-10-12-22-20(15-17)28(4,5)25(32)30(22)6;1-23(2)17-12-14(7-9-19(17)25(3)22(23)27)20(26)13-16-11-15(6-8-18(16)24)21-5-4-10-28-21;11-9-4-6-1-2-7(10(12)13)3-8(6)5-9/h7-15H,16H2,1-6H3,(H,29,33);4-12H,13,24H2,1-3H3;1-3H,4-5H2,(H,12,13). The molecule has 2 aromatic heterocycles. The van der Waals surface area contributed by atoms with Gasteiger partial charge in [0.25, 0.3) is 0 Å². The third-order valence-electron chi connectivity index (χ3n) is 13.8. The van der Waals surface area contributed by atoms with Gasteiger partial charge in [0.1, 0.15) is 11.4 Å². The molecule has 5 aromatic carbocycles. The lowest BCUT2D eigenvalue weighted by atomic mass is 9.84.